The van der Waals surface area contributed by atoms with E-state index in [1.807, 2.05) is 18.2 Å². The number of hydrogen-bond acceptors (Lipinski definition) is 7. The number of aryl methyl sites for hydroxylation is 1. The van der Waals surface area contributed by atoms with Gasteiger partial charge < -0.3 is 21.3 Å². The SMILES string of the molecule is CNC(=O)c1cc(-c2cnn(C)c2)cc(F)c1Nc1nc(Nc2ccc3c(c2)NC(=O)CCC3(C)C)ncc1Cl. The summed E-state index contributed by atoms with van der Waals surface area (Å²) in [5.74, 6) is -0.929. The molecule has 0 saturated carbocycles. The lowest BCUT2D eigenvalue weighted by Gasteiger charge is -2.25. The summed E-state index contributed by atoms with van der Waals surface area (Å²) in [4.78, 5) is 33.6. The van der Waals surface area contributed by atoms with E-state index in [9.17, 15) is 9.59 Å². The van der Waals surface area contributed by atoms with E-state index in [2.05, 4.69) is 50.2 Å². The van der Waals surface area contributed by atoms with Crippen LogP contribution in [-0.4, -0.2) is 38.6 Å². The highest BCUT2D eigenvalue weighted by molar-refractivity contribution is 6.33. The number of carbonyl (C=O) groups is 2. The van der Waals surface area contributed by atoms with E-state index in [0.29, 0.717) is 23.2 Å². The zero-order valence-corrected chi connectivity index (χ0v) is 23.2. The summed E-state index contributed by atoms with van der Waals surface area (Å²) in [6.45, 7) is 4.21. The maximum absolute atomic E-state index is 15.4. The first kappa shape index (κ1) is 27.1. The summed E-state index contributed by atoms with van der Waals surface area (Å²) in [5, 5.41) is 15.7. The molecule has 1 aliphatic heterocycles. The third-order valence-electron chi connectivity index (χ3n) is 6.84. The summed E-state index contributed by atoms with van der Waals surface area (Å²) in [5.41, 5.74) is 3.35. The second kappa shape index (κ2) is 10.6. The van der Waals surface area contributed by atoms with Gasteiger partial charge in [-0.3, -0.25) is 14.3 Å². The molecule has 1 aliphatic rings. The zero-order chi connectivity index (χ0) is 28.6. The number of hydrogen-bond donors (Lipinski definition) is 4. The predicted octanol–water partition coefficient (Wildman–Crippen LogP) is 5.53. The highest BCUT2D eigenvalue weighted by Crippen LogP contribution is 2.38. The predicted molar refractivity (Wildman–Crippen MR) is 153 cm³/mol. The molecule has 0 aliphatic carbocycles. The minimum Gasteiger partial charge on any atom is -0.355 e. The van der Waals surface area contributed by atoms with E-state index in [0.717, 1.165) is 17.7 Å². The molecule has 2 amide bonds. The molecule has 0 unspecified atom stereocenters. The molecule has 4 aromatic rings. The first-order valence-electron chi connectivity index (χ1n) is 12.6. The van der Waals surface area contributed by atoms with Crippen molar-refractivity contribution in [3.8, 4) is 11.1 Å². The van der Waals surface area contributed by atoms with Gasteiger partial charge >= 0.3 is 0 Å². The Bertz CT molecular complexity index is 1630. The van der Waals surface area contributed by atoms with Crippen molar-refractivity contribution in [1.29, 1.82) is 0 Å². The number of amides is 2. The van der Waals surface area contributed by atoms with Crippen LogP contribution < -0.4 is 21.3 Å². The zero-order valence-electron chi connectivity index (χ0n) is 22.4. The number of aromatic nitrogens is 4. The highest BCUT2D eigenvalue weighted by atomic mass is 35.5. The number of fused-ring (bicyclic) bond motifs is 1. The Labute approximate surface area is 235 Å². The fourth-order valence-corrected chi connectivity index (χ4v) is 4.77. The Hall–Kier alpha value is -4.51. The van der Waals surface area contributed by atoms with Crippen LogP contribution >= 0.6 is 11.6 Å². The number of nitrogens with one attached hydrogen (secondary N) is 4. The third kappa shape index (κ3) is 5.46. The van der Waals surface area contributed by atoms with Gasteiger partial charge in [0.2, 0.25) is 11.9 Å². The molecule has 206 valence electrons. The molecule has 12 heteroatoms. The number of benzene rings is 2. The van der Waals surface area contributed by atoms with Crippen molar-refractivity contribution >= 4 is 52.2 Å². The Balaban J connectivity index is 1.46. The van der Waals surface area contributed by atoms with Crippen molar-refractivity contribution in [3.63, 3.8) is 0 Å². The Kier molecular flexibility index (Phi) is 7.16. The lowest BCUT2D eigenvalue weighted by atomic mass is 9.80. The lowest BCUT2D eigenvalue weighted by Crippen LogP contribution is -2.20. The van der Waals surface area contributed by atoms with Gasteiger partial charge in [-0.15, -0.1) is 0 Å². The summed E-state index contributed by atoms with van der Waals surface area (Å²) in [7, 11) is 3.21. The van der Waals surface area contributed by atoms with Gasteiger partial charge in [0.05, 0.1) is 23.6 Å². The van der Waals surface area contributed by atoms with Crippen molar-refractivity contribution < 1.29 is 14.0 Å². The summed E-state index contributed by atoms with van der Waals surface area (Å²) >= 11 is 6.36. The van der Waals surface area contributed by atoms with E-state index >= 15 is 4.39 Å². The first-order chi connectivity index (χ1) is 19.0. The topological polar surface area (TPSA) is 126 Å². The number of anilines is 5. The van der Waals surface area contributed by atoms with Crippen LogP contribution in [0, 0.1) is 5.82 Å². The molecule has 2 aromatic heterocycles. The molecule has 0 atom stereocenters. The van der Waals surface area contributed by atoms with E-state index in [-0.39, 0.29) is 39.4 Å². The van der Waals surface area contributed by atoms with Gasteiger partial charge in [-0.2, -0.15) is 10.1 Å². The van der Waals surface area contributed by atoms with E-state index in [4.69, 9.17) is 11.6 Å². The van der Waals surface area contributed by atoms with Crippen LogP contribution in [0.2, 0.25) is 5.02 Å². The maximum atomic E-state index is 15.4. The van der Waals surface area contributed by atoms with Crippen LogP contribution in [0.25, 0.3) is 11.1 Å². The Morgan fingerprint density at radius 3 is 2.67 bits per heavy atom. The van der Waals surface area contributed by atoms with Crippen LogP contribution in [-0.2, 0) is 17.3 Å². The van der Waals surface area contributed by atoms with Crippen molar-refractivity contribution in [2.24, 2.45) is 7.05 Å². The fraction of sp³-hybridized carbons (Fsp3) is 0.250. The molecular formula is C28H28ClFN8O2. The van der Waals surface area contributed by atoms with Crippen molar-refractivity contribution in [2.45, 2.75) is 32.1 Å². The van der Waals surface area contributed by atoms with Gasteiger partial charge in [-0.05, 0) is 47.2 Å². The van der Waals surface area contributed by atoms with Crippen molar-refractivity contribution in [3.05, 3.63) is 70.9 Å². The second-order valence-corrected chi connectivity index (χ2v) is 10.6. The number of rotatable bonds is 6. The first-order valence-corrected chi connectivity index (χ1v) is 13.0. The maximum Gasteiger partial charge on any atom is 0.253 e. The monoisotopic (exact) mass is 562 g/mol. The standard InChI is InChI=1S/C28H28ClFN8O2/c1-28(2)8-7-23(39)35-22-11-17(5-6-19(22)28)34-27-32-13-20(29)25(37-27)36-24-18(26(40)31-3)9-15(10-21(24)30)16-12-33-38(4)14-16/h5-6,9-14H,7-8H2,1-4H3,(H,31,40)(H,35,39)(H2,32,34,36,37). The van der Waals surface area contributed by atoms with Gasteiger partial charge in [0.25, 0.3) is 5.91 Å². The molecular weight excluding hydrogens is 535 g/mol. The van der Waals surface area contributed by atoms with Gasteiger partial charge in [-0.25, -0.2) is 9.37 Å². The molecule has 2 aromatic carbocycles. The molecule has 3 heterocycles. The number of halogens is 2. The average Bonchev–Trinajstić information content (AvgIpc) is 3.31. The molecule has 0 bridgehead atoms. The van der Waals surface area contributed by atoms with Crippen molar-refractivity contribution in [2.75, 3.05) is 23.0 Å². The molecule has 4 N–H and O–H groups in total. The summed E-state index contributed by atoms with van der Waals surface area (Å²) < 4.78 is 17.0. The summed E-state index contributed by atoms with van der Waals surface area (Å²) in [6, 6.07) is 8.55. The molecule has 0 saturated heterocycles. The molecule has 40 heavy (non-hydrogen) atoms. The molecule has 0 spiro atoms. The van der Waals surface area contributed by atoms with Crippen LogP contribution in [0.1, 0.15) is 42.6 Å². The van der Waals surface area contributed by atoms with E-state index in [1.54, 1.807) is 30.2 Å². The highest BCUT2D eigenvalue weighted by Gasteiger charge is 2.28. The second-order valence-electron chi connectivity index (χ2n) is 10.2. The number of nitrogens with zero attached hydrogens (tertiary/aromatic N) is 4. The van der Waals surface area contributed by atoms with Gasteiger partial charge in [0.1, 0.15) is 10.8 Å². The fourth-order valence-electron chi connectivity index (χ4n) is 4.64. The minimum absolute atomic E-state index is 0.0401. The van der Waals surface area contributed by atoms with Gasteiger partial charge in [0.15, 0.2) is 5.82 Å². The smallest absolute Gasteiger partial charge is 0.253 e. The molecule has 10 nitrogen and oxygen atoms in total. The number of carbonyl (C=O) groups excluding carboxylic acids is 2. The Morgan fingerprint density at radius 2 is 1.95 bits per heavy atom. The van der Waals surface area contributed by atoms with Crippen molar-refractivity contribution in [1.82, 2.24) is 25.1 Å². The van der Waals surface area contributed by atoms with Gasteiger partial charge in [0, 0.05) is 43.7 Å². The average molecular weight is 563 g/mol. The summed E-state index contributed by atoms with van der Waals surface area (Å²) in [6.07, 6.45) is 5.87. The van der Waals surface area contributed by atoms with E-state index in [1.165, 1.54) is 19.3 Å². The molecule has 0 fully saturated rings. The molecule has 5 rings (SSSR count). The van der Waals surface area contributed by atoms with Crippen LogP contribution in [0.15, 0.2) is 48.9 Å². The third-order valence-corrected chi connectivity index (χ3v) is 7.12. The van der Waals surface area contributed by atoms with Crippen LogP contribution in [0.3, 0.4) is 0 Å². The van der Waals surface area contributed by atoms with Crippen LogP contribution in [0.4, 0.5) is 33.2 Å². The van der Waals surface area contributed by atoms with Crippen LogP contribution in [0.5, 0.6) is 0 Å². The van der Waals surface area contributed by atoms with E-state index < -0.39 is 11.7 Å². The van der Waals surface area contributed by atoms with Gasteiger partial charge in [-0.1, -0.05) is 31.5 Å². The minimum atomic E-state index is -0.673. The lowest BCUT2D eigenvalue weighted by molar-refractivity contribution is -0.116. The Morgan fingerprint density at radius 1 is 1.15 bits per heavy atom. The molecule has 0 radical (unpaired) electrons. The normalized spacial score (nSPS) is 14.1. The largest absolute Gasteiger partial charge is 0.355 e. The quantitative estimate of drug-likeness (QED) is 0.243.